The summed E-state index contributed by atoms with van der Waals surface area (Å²) < 4.78 is 32.8. The molecule has 0 radical (unpaired) electrons. The Hall–Kier alpha value is -0.230. The zero-order valence-electron chi connectivity index (χ0n) is 12.3. The number of carbonyl (C=O) groups is 1. The monoisotopic (exact) mass is 344 g/mol. The minimum atomic E-state index is -3.19. The molecule has 1 N–H and O–H groups in total. The first-order chi connectivity index (χ1) is 8.19. The highest BCUT2D eigenvalue weighted by atomic mass is 79.9. The first-order valence-electron chi connectivity index (χ1n) is 6.04. The number of hydrogen-bond donors (Lipinski definition) is 1. The fourth-order valence-corrected chi connectivity index (χ4v) is 1.64. The average molecular weight is 345 g/mol. The van der Waals surface area contributed by atoms with E-state index in [1.807, 2.05) is 0 Å². The normalized spacial score (nSPS) is 14.4. The number of ether oxygens (including phenoxy) is 1. The van der Waals surface area contributed by atoms with Gasteiger partial charge >= 0.3 is 5.97 Å². The van der Waals surface area contributed by atoms with E-state index < -0.39 is 40.3 Å². The Morgan fingerprint density at radius 1 is 1.11 bits per heavy atom. The van der Waals surface area contributed by atoms with Gasteiger partial charge in [-0.3, -0.25) is 4.79 Å². The first-order valence-corrected chi connectivity index (χ1v) is 6.83. The van der Waals surface area contributed by atoms with Crippen molar-refractivity contribution in [2.45, 2.75) is 51.8 Å². The molecule has 0 bridgehead atoms. The van der Waals surface area contributed by atoms with E-state index in [9.17, 15) is 13.6 Å². The third kappa shape index (κ3) is 4.12. The number of alkyl halides is 3. The summed E-state index contributed by atoms with van der Waals surface area (Å²) in [6, 6.07) is 0. The van der Waals surface area contributed by atoms with Crippen molar-refractivity contribution in [2.24, 2.45) is 10.8 Å². The molecule has 0 aromatic rings. The molecule has 0 fully saturated rings. The van der Waals surface area contributed by atoms with Crippen LogP contribution in [-0.2, 0) is 9.53 Å². The molecule has 0 atom stereocenters. The lowest BCUT2D eigenvalue weighted by Crippen LogP contribution is -2.52. The van der Waals surface area contributed by atoms with Gasteiger partial charge in [-0.1, -0.05) is 43.6 Å². The Morgan fingerprint density at radius 2 is 1.53 bits per heavy atom. The molecule has 0 amide bonds. The van der Waals surface area contributed by atoms with Gasteiger partial charge in [-0.2, -0.15) is 0 Å². The van der Waals surface area contributed by atoms with Crippen LogP contribution in [0.4, 0.5) is 8.78 Å². The van der Waals surface area contributed by atoms with Crippen LogP contribution in [0, 0.1) is 10.8 Å². The fraction of sp³-hybridized carbons (Fsp3) is 0.923. The van der Waals surface area contributed by atoms with E-state index in [0.717, 1.165) is 0 Å². The van der Waals surface area contributed by atoms with Crippen LogP contribution < -0.4 is 0 Å². The Morgan fingerprint density at radius 3 is 1.84 bits per heavy atom. The van der Waals surface area contributed by atoms with Gasteiger partial charge in [-0.25, -0.2) is 8.78 Å². The smallest absolute Gasteiger partial charge is 0.322 e. The Balaban J connectivity index is 4.95. The molecule has 6 heteroatoms. The Kier molecular flexibility index (Phi) is 5.57. The molecule has 114 valence electrons. The third-order valence-electron chi connectivity index (χ3n) is 3.14. The first kappa shape index (κ1) is 18.8. The van der Waals surface area contributed by atoms with E-state index in [-0.39, 0.29) is 0 Å². The summed E-state index contributed by atoms with van der Waals surface area (Å²) in [5.74, 6) is -3.79. The Bertz CT molecular complexity index is 333. The van der Waals surface area contributed by atoms with E-state index in [2.05, 4.69) is 15.9 Å². The van der Waals surface area contributed by atoms with Gasteiger partial charge in [-0.15, -0.1) is 0 Å². The second-order valence-corrected chi connectivity index (χ2v) is 8.53. The van der Waals surface area contributed by atoms with Crippen LogP contribution in [-0.4, -0.2) is 34.5 Å². The fourth-order valence-electron chi connectivity index (χ4n) is 1.52. The summed E-state index contributed by atoms with van der Waals surface area (Å²) in [5.41, 5.74) is -3.17. The molecule has 0 aliphatic carbocycles. The number of aliphatic hydroxyl groups excluding tert-OH is 1. The third-order valence-corrected chi connectivity index (χ3v) is 3.47. The van der Waals surface area contributed by atoms with Gasteiger partial charge in [0.15, 0.2) is 0 Å². The summed E-state index contributed by atoms with van der Waals surface area (Å²) >= 11 is 3.11. The molecule has 0 spiro atoms. The van der Waals surface area contributed by atoms with Gasteiger partial charge < -0.3 is 9.84 Å². The summed E-state index contributed by atoms with van der Waals surface area (Å²) in [4.78, 5) is 11.6. The minimum absolute atomic E-state index is 0.419. The summed E-state index contributed by atoms with van der Waals surface area (Å²) in [6.07, 6.45) is 0. The van der Waals surface area contributed by atoms with Crippen molar-refractivity contribution < 1.29 is 23.4 Å². The number of carbonyl (C=O) groups excluding carboxylic acids is 1. The van der Waals surface area contributed by atoms with E-state index in [1.54, 1.807) is 13.8 Å². The number of rotatable bonds is 6. The van der Waals surface area contributed by atoms with Crippen molar-refractivity contribution in [2.75, 3.05) is 13.2 Å². The second-order valence-electron chi connectivity index (χ2n) is 6.55. The maximum atomic E-state index is 14.4. The Labute approximate surface area is 121 Å². The predicted molar refractivity (Wildman–Crippen MR) is 73.6 cm³/mol. The van der Waals surface area contributed by atoms with E-state index in [0.29, 0.717) is 0 Å². The maximum Gasteiger partial charge on any atom is 0.322 e. The molecule has 19 heavy (non-hydrogen) atoms. The van der Waals surface area contributed by atoms with Crippen LogP contribution in [0.5, 0.6) is 0 Å². The second kappa shape index (κ2) is 5.64. The van der Waals surface area contributed by atoms with Gasteiger partial charge in [0.25, 0.3) is 5.92 Å². The number of esters is 1. The number of hydrogen-bond acceptors (Lipinski definition) is 3. The van der Waals surface area contributed by atoms with E-state index in [4.69, 9.17) is 9.84 Å². The zero-order valence-corrected chi connectivity index (χ0v) is 13.9. The number of aliphatic hydroxyl groups is 1. The van der Waals surface area contributed by atoms with Crippen LogP contribution in [0.3, 0.4) is 0 Å². The van der Waals surface area contributed by atoms with E-state index in [1.165, 1.54) is 27.7 Å². The summed E-state index contributed by atoms with van der Waals surface area (Å²) in [6.45, 7) is 7.29. The molecule has 3 nitrogen and oxygen atoms in total. The minimum Gasteiger partial charge on any atom is -0.464 e. The van der Waals surface area contributed by atoms with Crippen molar-refractivity contribution in [3.05, 3.63) is 0 Å². The molecular weight excluding hydrogens is 322 g/mol. The zero-order chi connectivity index (χ0) is 15.7. The largest absolute Gasteiger partial charge is 0.464 e. The van der Waals surface area contributed by atoms with Crippen molar-refractivity contribution in [1.82, 2.24) is 0 Å². The van der Waals surface area contributed by atoms with E-state index >= 15 is 0 Å². The van der Waals surface area contributed by atoms with Gasteiger partial charge in [0.2, 0.25) is 0 Å². The predicted octanol–water partition coefficient (Wildman–Crippen LogP) is 3.38. The summed E-state index contributed by atoms with van der Waals surface area (Å²) in [5, 5.41) is 9.10. The van der Waals surface area contributed by atoms with Crippen LogP contribution in [0.2, 0.25) is 0 Å². The maximum absolute atomic E-state index is 14.4. The number of halogens is 3. The highest BCUT2D eigenvalue weighted by molar-refractivity contribution is 9.10. The van der Waals surface area contributed by atoms with Crippen LogP contribution in [0.25, 0.3) is 0 Å². The highest BCUT2D eigenvalue weighted by Gasteiger charge is 2.57. The molecule has 0 aromatic heterocycles. The van der Waals surface area contributed by atoms with Crippen molar-refractivity contribution in [1.29, 1.82) is 0 Å². The topological polar surface area (TPSA) is 46.5 Å². The molecular formula is C13H23BrF2O3. The molecule has 0 aromatic carbocycles. The molecule has 0 aliphatic rings. The lowest BCUT2D eigenvalue weighted by atomic mass is 9.71. The van der Waals surface area contributed by atoms with Crippen LogP contribution in [0.15, 0.2) is 0 Å². The SMILES string of the molecule is CC(C)(Br)C(=O)OCC(C)(C)C(F)(F)C(C)(C)CO. The molecule has 0 aliphatic heterocycles. The van der Waals surface area contributed by atoms with Gasteiger partial charge in [0.05, 0.1) is 17.4 Å². The molecule has 0 heterocycles. The van der Waals surface area contributed by atoms with Crippen LogP contribution in [0.1, 0.15) is 41.5 Å². The van der Waals surface area contributed by atoms with Gasteiger partial charge in [0, 0.05) is 0 Å². The van der Waals surface area contributed by atoms with Crippen molar-refractivity contribution in [3.63, 3.8) is 0 Å². The van der Waals surface area contributed by atoms with Crippen molar-refractivity contribution in [3.8, 4) is 0 Å². The average Bonchev–Trinajstić information content (AvgIpc) is 2.23. The molecule has 0 saturated carbocycles. The lowest BCUT2D eigenvalue weighted by Gasteiger charge is -2.43. The van der Waals surface area contributed by atoms with Gasteiger partial charge in [-0.05, 0) is 13.8 Å². The van der Waals surface area contributed by atoms with Crippen molar-refractivity contribution >= 4 is 21.9 Å². The molecule has 0 saturated heterocycles. The molecule has 0 rings (SSSR count). The lowest BCUT2D eigenvalue weighted by molar-refractivity contribution is -0.214. The standard InChI is InChI=1S/C13H23BrF2O3/c1-10(2,7-17)13(15,16)11(3,4)8-19-9(18)12(5,6)14/h17H,7-8H2,1-6H3. The summed E-state index contributed by atoms with van der Waals surface area (Å²) in [7, 11) is 0. The van der Waals surface area contributed by atoms with Gasteiger partial charge in [0.1, 0.15) is 10.9 Å². The highest BCUT2D eigenvalue weighted by Crippen LogP contribution is 2.48. The van der Waals surface area contributed by atoms with Crippen LogP contribution >= 0.6 is 15.9 Å². The quantitative estimate of drug-likeness (QED) is 0.593. The molecule has 0 unspecified atom stereocenters.